The number of hydrogen-bond donors (Lipinski definition) is 0. The number of aromatic nitrogens is 4. The van der Waals surface area contributed by atoms with Crippen LogP contribution in [0.4, 0.5) is 13.2 Å². The molecule has 1 aliphatic rings. The van der Waals surface area contributed by atoms with Crippen molar-refractivity contribution in [1.82, 2.24) is 19.5 Å². The Morgan fingerprint density at radius 3 is 2.75 bits per heavy atom. The fourth-order valence-corrected chi connectivity index (χ4v) is 2.59. The molecule has 0 N–H and O–H groups in total. The molecular weight excluding hydrogens is 371 g/mol. The van der Waals surface area contributed by atoms with E-state index in [1.807, 2.05) is 0 Å². The van der Waals surface area contributed by atoms with Crippen LogP contribution in [0.2, 0.25) is 0 Å². The number of rotatable bonds is 3. The standard InChI is InChI=1S/C19H14F3N5O/c1-27-10-14(19(20,21)22)24-18(27)12-4-2-11(3-5-12)8-15-23-9-13-6-7-16(28)26-17(13)25-15/h2-6,9-10H,7-8H2,1H3/i1D3,8D2. The second kappa shape index (κ2) is 6.66. The summed E-state index contributed by atoms with van der Waals surface area (Å²) in [7, 11) is 0. The van der Waals surface area contributed by atoms with Crippen molar-refractivity contribution in [2.75, 3.05) is 0 Å². The first-order chi connectivity index (χ1) is 15.3. The van der Waals surface area contributed by atoms with Crippen LogP contribution in [0.3, 0.4) is 0 Å². The van der Waals surface area contributed by atoms with E-state index in [0.29, 0.717) is 16.0 Å². The van der Waals surface area contributed by atoms with Crippen LogP contribution in [0.1, 0.15) is 30.4 Å². The van der Waals surface area contributed by atoms with Crippen LogP contribution in [-0.4, -0.2) is 25.4 Å². The summed E-state index contributed by atoms with van der Waals surface area (Å²) >= 11 is 0. The summed E-state index contributed by atoms with van der Waals surface area (Å²) in [5.41, 5.74) is -1.20. The lowest BCUT2D eigenvalue weighted by Crippen LogP contribution is -2.34. The molecule has 0 radical (unpaired) electrons. The van der Waals surface area contributed by atoms with Crippen molar-refractivity contribution in [2.24, 2.45) is 12.0 Å². The lowest BCUT2D eigenvalue weighted by molar-refractivity contribution is -0.140. The van der Waals surface area contributed by atoms with Crippen LogP contribution >= 0.6 is 0 Å². The molecule has 1 aromatic carbocycles. The fourth-order valence-electron chi connectivity index (χ4n) is 2.59. The topological polar surface area (TPSA) is 73.0 Å². The molecule has 6 nitrogen and oxygen atoms in total. The van der Waals surface area contributed by atoms with Gasteiger partial charge in [-0.2, -0.15) is 18.2 Å². The van der Waals surface area contributed by atoms with Gasteiger partial charge in [-0.3, -0.25) is 4.79 Å². The lowest BCUT2D eigenvalue weighted by atomic mass is 10.1. The van der Waals surface area contributed by atoms with Crippen LogP contribution in [-0.2, 0) is 24.3 Å². The van der Waals surface area contributed by atoms with E-state index in [-0.39, 0.29) is 28.9 Å². The molecular formula is C19H14F3N5O. The molecule has 1 aliphatic heterocycles. The highest BCUT2D eigenvalue weighted by atomic mass is 19.4. The van der Waals surface area contributed by atoms with Gasteiger partial charge in [-0.05, 0) is 5.56 Å². The first-order valence-electron chi connectivity index (χ1n) is 10.5. The minimum atomic E-state index is -4.84. The number of carbonyl (C=O) groups is 1. The SMILES string of the molecule is [2H]C([2H])(c1ccc(-c2nc(C(F)(F)F)cn2C([2H])([2H])[2H])cc1)c1ncc2c(n1)=NC(=O)CC=2. The zero-order valence-electron chi connectivity index (χ0n) is 19.0. The minimum Gasteiger partial charge on any atom is -0.333 e. The van der Waals surface area contributed by atoms with Gasteiger partial charge in [0.2, 0.25) is 0 Å². The van der Waals surface area contributed by atoms with E-state index in [2.05, 4.69) is 19.9 Å². The van der Waals surface area contributed by atoms with Gasteiger partial charge in [0, 0.05) is 49.8 Å². The largest absolute Gasteiger partial charge is 0.434 e. The van der Waals surface area contributed by atoms with E-state index in [1.54, 1.807) is 6.08 Å². The molecule has 4 rings (SSSR count). The third-order valence-electron chi connectivity index (χ3n) is 3.92. The molecule has 2 aromatic heterocycles. The van der Waals surface area contributed by atoms with Crippen LogP contribution < -0.4 is 10.7 Å². The molecule has 0 saturated heterocycles. The van der Waals surface area contributed by atoms with Crippen molar-refractivity contribution in [2.45, 2.75) is 19.0 Å². The molecule has 28 heavy (non-hydrogen) atoms. The van der Waals surface area contributed by atoms with Crippen molar-refractivity contribution in [3.63, 3.8) is 0 Å². The Morgan fingerprint density at radius 2 is 2.04 bits per heavy atom. The number of imidazole rings is 1. The van der Waals surface area contributed by atoms with Gasteiger partial charge in [-0.25, -0.2) is 15.0 Å². The zero-order chi connectivity index (χ0) is 24.2. The molecule has 3 aromatic rings. The molecule has 0 aliphatic carbocycles. The first kappa shape index (κ1) is 12.9. The van der Waals surface area contributed by atoms with E-state index in [9.17, 15) is 18.0 Å². The summed E-state index contributed by atoms with van der Waals surface area (Å²) < 4.78 is 79.1. The van der Waals surface area contributed by atoms with Gasteiger partial charge < -0.3 is 4.57 Å². The highest BCUT2D eigenvalue weighted by molar-refractivity contribution is 5.82. The Balaban J connectivity index is 1.74. The minimum absolute atomic E-state index is 0.0442. The third-order valence-corrected chi connectivity index (χ3v) is 3.92. The number of amides is 1. The number of hydrogen-bond acceptors (Lipinski definition) is 4. The number of fused-ring (bicyclic) bond motifs is 1. The van der Waals surface area contributed by atoms with Gasteiger partial charge in [-0.1, -0.05) is 30.3 Å². The number of alkyl halides is 3. The van der Waals surface area contributed by atoms with Gasteiger partial charge in [0.1, 0.15) is 11.6 Å². The van der Waals surface area contributed by atoms with Crippen LogP contribution in [0.25, 0.3) is 17.5 Å². The van der Waals surface area contributed by atoms with Gasteiger partial charge >= 0.3 is 6.18 Å². The fraction of sp³-hybridized carbons (Fsp3) is 0.211. The van der Waals surface area contributed by atoms with Gasteiger partial charge in [0.15, 0.2) is 11.2 Å². The molecule has 0 fully saturated rings. The second-order valence-electron chi connectivity index (χ2n) is 5.91. The average Bonchev–Trinajstić information content (AvgIpc) is 3.20. The number of carbonyl (C=O) groups excluding carboxylic acids is 1. The van der Waals surface area contributed by atoms with Crippen LogP contribution in [0.15, 0.2) is 41.7 Å². The molecule has 0 saturated carbocycles. The number of aryl methyl sites for hydroxylation is 1. The Hall–Kier alpha value is -3.36. The third kappa shape index (κ3) is 3.55. The smallest absolute Gasteiger partial charge is 0.333 e. The Labute approximate surface area is 164 Å². The number of halogens is 3. The van der Waals surface area contributed by atoms with E-state index < -0.39 is 37.0 Å². The Morgan fingerprint density at radius 1 is 1.25 bits per heavy atom. The molecule has 1 amide bonds. The van der Waals surface area contributed by atoms with Crippen molar-refractivity contribution < 1.29 is 24.8 Å². The highest BCUT2D eigenvalue weighted by Gasteiger charge is 2.34. The number of benzene rings is 1. The summed E-state index contributed by atoms with van der Waals surface area (Å²) in [6.45, 7) is -2.91. The predicted octanol–water partition coefficient (Wildman–Crippen LogP) is 1.82. The van der Waals surface area contributed by atoms with E-state index >= 15 is 0 Å². The summed E-state index contributed by atoms with van der Waals surface area (Å²) in [6, 6.07) is 5.08. The Kier molecular flexibility index (Phi) is 3.08. The van der Waals surface area contributed by atoms with E-state index in [4.69, 9.17) is 6.85 Å². The first-order valence-corrected chi connectivity index (χ1v) is 8.00. The van der Waals surface area contributed by atoms with Crippen molar-refractivity contribution in [3.8, 4) is 11.4 Å². The monoisotopic (exact) mass is 390 g/mol. The molecule has 0 bridgehead atoms. The van der Waals surface area contributed by atoms with E-state index in [0.717, 1.165) is 0 Å². The summed E-state index contributed by atoms with van der Waals surface area (Å²) in [5, 5.41) is 0.501. The highest BCUT2D eigenvalue weighted by Crippen LogP contribution is 2.30. The van der Waals surface area contributed by atoms with Gasteiger partial charge in [-0.15, -0.1) is 0 Å². The second-order valence-corrected chi connectivity index (χ2v) is 5.91. The van der Waals surface area contributed by atoms with E-state index in [1.165, 1.54) is 30.5 Å². The predicted molar refractivity (Wildman–Crippen MR) is 93.4 cm³/mol. The summed E-state index contributed by atoms with van der Waals surface area (Å²) in [6.07, 6.45) is -3.62. The molecule has 0 atom stereocenters. The normalized spacial score (nSPS) is 17.2. The molecule has 142 valence electrons. The molecule has 9 heteroatoms. The maximum absolute atomic E-state index is 13.1. The summed E-state index contributed by atoms with van der Waals surface area (Å²) in [4.78, 5) is 26.8. The molecule has 0 spiro atoms. The number of nitrogens with zero attached hydrogens (tertiary/aromatic N) is 5. The Bertz CT molecular complexity index is 1360. The van der Waals surface area contributed by atoms with Crippen LogP contribution in [0.5, 0.6) is 0 Å². The molecule has 3 heterocycles. The summed E-state index contributed by atoms with van der Waals surface area (Å²) in [5.74, 6) is -1.11. The van der Waals surface area contributed by atoms with Crippen molar-refractivity contribution in [1.29, 1.82) is 0 Å². The van der Waals surface area contributed by atoms with Gasteiger partial charge in [0.25, 0.3) is 5.91 Å². The molecule has 0 unspecified atom stereocenters. The van der Waals surface area contributed by atoms with Gasteiger partial charge in [0.05, 0.1) is 0 Å². The van der Waals surface area contributed by atoms with Crippen LogP contribution in [0, 0.1) is 0 Å². The zero-order valence-corrected chi connectivity index (χ0v) is 14.0. The van der Waals surface area contributed by atoms with Crippen molar-refractivity contribution >= 4 is 12.0 Å². The quantitative estimate of drug-likeness (QED) is 0.684. The maximum atomic E-state index is 13.1. The van der Waals surface area contributed by atoms with Crippen molar-refractivity contribution in [3.05, 3.63) is 64.4 Å². The average molecular weight is 390 g/mol. The maximum Gasteiger partial charge on any atom is 0.434 e. The lowest BCUT2D eigenvalue weighted by Gasteiger charge is -2.05.